The second-order valence-electron chi connectivity index (χ2n) is 5.68. The molecule has 0 saturated heterocycles. The molecule has 1 aliphatic heterocycles. The van der Waals surface area contributed by atoms with Crippen LogP contribution in [0, 0.1) is 5.92 Å². The molecule has 0 aromatic heterocycles. The Morgan fingerprint density at radius 3 is 3.15 bits per heavy atom. The van der Waals surface area contributed by atoms with Crippen LogP contribution in [0.15, 0.2) is 18.2 Å². The number of ether oxygens (including phenoxy) is 1. The van der Waals surface area contributed by atoms with Crippen molar-refractivity contribution in [1.82, 2.24) is 5.32 Å². The minimum absolute atomic E-state index is 0.00342. The van der Waals surface area contributed by atoms with Gasteiger partial charge in [0.25, 0.3) is 5.91 Å². The minimum atomic E-state index is 0.00342. The van der Waals surface area contributed by atoms with E-state index in [0.29, 0.717) is 6.54 Å². The van der Waals surface area contributed by atoms with E-state index in [0.717, 1.165) is 49.8 Å². The summed E-state index contributed by atoms with van der Waals surface area (Å²) >= 11 is 0. The molecular weight excluding hydrogens is 252 g/mol. The van der Waals surface area contributed by atoms with Gasteiger partial charge in [-0.2, -0.15) is 0 Å². The molecule has 1 aromatic carbocycles. The van der Waals surface area contributed by atoms with E-state index in [1.165, 1.54) is 18.4 Å². The summed E-state index contributed by atoms with van der Waals surface area (Å²) in [5.74, 6) is 0.812. The van der Waals surface area contributed by atoms with Crippen LogP contribution in [0.4, 0.5) is 5.69 Å². The van der Waals surface area contributed by atoms with Gasteiger partial charge in [-0.25, -0.2) is 0 Å². The Morgan fingerprint density at radius 1 is 1.40 bits per heavy atom. The molecule has 1 aromatic rings. The van der Waals surface area contributed by atoms with E-state index in [-0.39, 0.29) is 5.91 Å². The molecule has 1 aliphatic carbocycles. The zero-order valence-corrected chi connectivity index (χ0v) is 11.8. The van der Waals surface area contributed by atoms with Crippen molar-refractivity contribution < 1.29 is 9.53 Å². The van der Waals surface area contributed by atoms with E-state index in [1.54, 1.807) is 0 Å². The van der Waals surface area contributed by atoms with Crippen molar-refractivity contribution in [2.24, 2.45) is 5.92 Å². The average molecular weight is 274 g/mol. The number of hydrogen-bond acceptors (Lipinski definition) is 3. The number of fused-ring (bicyclic) bond motifs is 1. The number of hydrogen-bond donors (Lipinski definition) is 2. The minimum Gasteiger partial charge on any atom is -0.384 e. The summed E-state index contributed by atoms with van der Waals surface area (Å²) in [6.07, 6.45) is 4.57. The second-order valence-corrected chi connectivity index (χ2v) is 5.68. The Morgan fingerprint density at radius 2 is 2.30 bits per heavy atom. The molecule has 4 nitrogen and oxygen atoms in total. The highest BCUT2D eigenvalue weighted by atomic mass is 16.5. The van der Waals surface area contributed by atoms with Gasteiger partial charge in [0.1, 0.15) is 0 Å². The number of carbonyl (C=O) groups excluding carboxylic acids is 1. The van der Waals surface area contributed by atoms with E-state index < -0.39 is 0 Å². The standard InChI is InChI=1S/C16H22N2O2/c19-16(18-7-1-9-20-11-12-2-3-12)14-5-4-13-6-8-17-15(13)10-14/h4-5,10,12,17H,1-3,6-9,11H2,(H,18,19). The number of anilines is 1. The number of nitrogens with one attached hydrogen (secondary N) is 2. The highest BCUT2D eigenvalue weighted by molar-refractivity contribution is 5.95. The molecule has 2 N–H and O–H groups in total. The first-order valence-electron chi connectivity index (χ1n) is 7.55. The Balaban J connectivity index is 1.37. The van der Waals surface area contributed by atoms with Gasteiger partial charge in [-0.3, -0.25) is 4.79 Å². The van der Waals surface area contributed by atoms with Gasteiger partial charge in [-0.15, -0.1) is 0 Å². The molecule has 0 spiro atoms. The maximum atomic E-state index is 12.0. The van der Waals surface area contributed by atoms with Crippen molar-refractivity contribution in [1.29, 1.82) is 0 Å². The number of amides is 1. The first-order valence-corrected chi connectivity index (χ1v) is 7.55. The van der Waals surface area contributed by atoms with Crippen LogP contribution in [-0.2, 0) is 11.2 Å². The third kappa shape index (κ3) is 3.51. The first-order chi connectivity index (χ1) is 9.83. The van der Waals surface area contributed by atoms with Crippen LogP contribution in [0.5, 0.6) is 0 Å². The third-order valence-corrected chi connectivity index (χ3v) is 3.88. The zero-order chi connectivity index (χ0) is 13.8. The lowest BCUT2D eigenvalue weighted by molar-refractivity contribution is 0.0937. The lowest BCUT2D eigenvalue weighted by Gasteiger charge is -2.07. The third-order valence-electron chi connectivity index (χ3n) is 3.88. The van der Waals surface area contributed by atoms with Crippen molar-refractivity contribution in [2.75, 3.05) is 31.6 Å². The highest BCUT2D eigenvalue weighted by Gasteiger charge is 2.20. The van der Waals surface area contributed by atoms with Crippen LogP contribution in [0.3, 0.4) is 0 Å². The lowest BCUT2D eigenvalue weighted by atomic mass is 10.1. The van der Waals surface area contributed by atoms with Gasteiger partial charge >= 0.3 is 0 Å². The molecule has 0 atom stereocenters. The molecule has 108 valence electrons. The van der Waals surface area contributed by atoms with Crippen LogP contribution in [0.25, 0.3) is 0 Å². The predicted molar refractivity (Wildman–Crippen MR) is 79.1 cm³/mol. The van der Waals surface area contributed by atoms with Gasteiger partial charge in [0.2, 0.25) is 0 Å². The normalized spacial score (nSPS) is 16.6. The lowest BCUT2D eigenvalue weighted by Crippen LogP contribution is -2.25. The van der Waals surface area contributed by atoms with Gasteiger partial charge in [-0.1, -0.05) is 6.07 Å². The summed E-state index contributed by atoms with van der Waals surface area (Å²) in [5, 5.41) is 6.24. The summed E-state index contributed by atoms with van der Waals surface area (Å²) in [7, 11) is 0. The van der Waals surface area contributed by atoms with Crippen molar-refractivity contribution in [3.63, 3.8) is 0 Å². The molecular formula is C16H22N2O2. The maximum Gasteiger partial charge on any atom is 0.251 e. The quantitative estimate of drug-likeness (QED) is 0.749. The fourth-order valence-electron chi connectivity index (χ4n) is 2.44. The highest BCUT2D eigenvalue weighted by Crippen LogP contribution is 2.28. The van der Waals surface area contributed by atoms with Crippen LogP contribution in [-0.4, -0.2) is 32.2 Å². The fraction of sp³-hybridized carbons (Fsp3) is 0.562. The Hall–Kier alpha value is -1.55. The molecule has 0 bridgehead atoms. The van der Waals surface area contributed by atoms with Crippen molar-refractivity contribution >= 4 is 11.6 Å². The van der Waals surface area contributed by atoms with Gasteiger partial charge in [0.05, 0.1) is 0 Å². The summed E-state index contributed by atoms with van der Waals surface area (Å²) in [5.41, 5.74) is 3.14. The molecule has 0 radical (unpaired) electrons. The molecule has 1 heterocycles. The SMILES string of the molecule is O=C(NCCCOCC1CC1)c1ccc2c(c1)NCC2. The molecule has 2 aliphatic rings. The van der Waals surface area contributed by atoms with Gasteiger partial charge in [-0.05, 0) is 49.3 Å². The summed E-state index contributed by atoms with van der Waals surface area (Å²) < 4.78 is 5.54. The molecule has 1 saturated carbocycles. The zero-order valence-electron chi connectivity index (χ0n) is 11.8. The van der Waals surface area contributed by atoms with E-state index in [4.69, 9.17) is 4.74 Å². The number of benzene rings is 1. The largest absolute Gasteiger partial charge is 0.384 e. The second kappa shape index (κ2) is 6.27. The van der Waals surface area contributed by atoms with Crippen LogP contribution in [0.1, 0.15) is 35.2 Å². The van der Waals surface area contributed by atoms with Gasteiger partial charge in [0.15, 0.2) is 0 Å². The monoisotopic (exact) mass is 274 g/mol. The smallest absolute Gasteiger partial charge is 0.251 e. The van der Waals surface area contributed by atoms with Crippen molar-refractivity contribution in [3.05, 3.63) is 29.3 Å². The van der Waals surface area contributed by atoms with Crippen LogP contribution >= 0.6 is 0 Å². The molecule has 1 amide bonds. The molecule has 1 fully saturated rings. The molecule has 4 heteroatoms. The maximum absolute atomic E-state index is 12.0. The van der Waals surface area contributed by atoms with Gasteiger partial charge in [0, 0.05) is 37.6 Å². The summed E-state index contributed by atoms with van der Waals surface area (Å²) in [4.78, 5) is 12.0. The molecule has 0 unspecified atom stereocenters. The fourth-order valence-corrected chi connectivity index (χ4v) is 2.44. The van der Waals surface area contributed by atoms with Crippen molar-refractivity contribution in [3.8, 4) is 0 Å². The van der Waals surface area contributed by atoms with E-state index >= 15 is 0 Å². The van der Waals surface area contributed by atoms with Crippen LogP contribution < -0.4 is 10.6 Å². The summed E-state index contributed by atoms with van der Waals surface area (Å²) in [6.45, 7) is 3.28. The number of carbonyl (C=O) groups is 1. The molecule has 20 heavy (non-hydrogen) atoms. The summed E-state index contributed by atoms with van der Waals surface area (Å²) in [6, 6.07) is 5.90. The first kappa shape index (κ1) is 13.4. The molecule has 3 rings (SSSR count). The average Bonchev–Trinajstić information content (AvgIpc) is 3.17. The Kier molecular flexibility index (Phi) is 4.21. The van der Waals surface area contributed by atoms with E-state index in [2.05, 4.69) is 10.6 Å². The van der Waals surface area contributed by atoms with Crippen molar-refractivity contribution in [2.45, 2.75) is 25.7 Å². The van der Waals surface area contributed by atoms with E-state index in [1.807, 2.05) is 18.2 Å². The predicted octanol–water partition coefficient (Wildman–Crippen LogP) is 2.20. The Bertz CT molecular complexity index is 483. The topological polar surface area (TPSA) is 50.4 Å². The van der Waals surface area contributed by atoms with Gasteiger partial charge < -0.3 is 15.4 Å². The van der Waals surface area contributed by atoms with E-state index in [9.17, 15) is 4.79 Å². The number of rotatable bonds is 7. The Labute approximate surface area is 119 Å². The van der Waals surface area contributed by atoms with Crippen LogP contribution in [0.2, 0.25) is 0 Å².